The number of hydrogen-bond donors (Lipinski definition) is 1. The minimum atomic E-state index is -0.190. The summed E-state index contributed by atoms with van der Waals surface area (Å²) in [6, 6.07) is 6.15. The number of halogens is 1. The molecule has 1 aliphatic heterocycles. The minimum Gasteiger partial charge on any atom is -0.468 e. The van der Waals surface area contributed by atoms with E-state index in [1.54, 1.807) is 0 Å². The van der Waals surface area contributed by atoms with Crippen LogP contribution in [-0.4, -0.2) is 19.1 Å². The number of ether oxygens (including phenoxy) is 1. The molecule has 0 unspecified atom stereocenters. The molecule has 0 amide bonds. The highest BCUT2D eigenvalue weighted by Crippen LogP contribution is 2.18. The molecule has 0 spiro atoms. The van der Waals surface area contributed by atoms with Gasteiger partial charge in [-0.15, -0.1) is 12.4 Å². The molecule has 0 fully saturated rings. The van der Waals surface area contributed by atoms with Gasteiger partial charge in [-0.05, 0) is 24.5 Å². The van der Waals surface area contributed by atoms with E-state index < -0.39 is 0 Å². The molecule has 1 atom stereocenters. The summed E-state index contributed by atoms with van der Waals surface area (Å²) in [5.74, 6) is -0.179. The zero-order valence-corrected chi connectivity index (χ0v) is 10.3. The van der Waals surface area contributed by atoms with Gasteiger partial charge in [0.25, 0.3) is 0 Å². The molecule has 1 heterocycles. The normalized spacial score (nSPS) is 18.2. The van der Waals surface area contributed by atoms with Crippen LogP contribution in [0.15, 0.2) is 18.2 Å². The Morgan fingerprint density at radius 1 is 1.44 bits per heavy atom. The first kappa shape index (κ1) is 13.0. The molecule has 0 aromatic heterocycles. The van der Waals surface area contributed by atoms with E-state index in [2.05, 4.69) is 30.4 Å². The maximum Gasteiger partial charge on any atom is 0.323 e. The number of esters is 1. The molecule has 0 aliphatic carbocycles. The lowest BCUT2D eigenvalue weighted by molar-refractivity contribution is -0.143. The van der Waals surface area contributed by atoms with Crippen molar-refractivity contribution in [2.24, 2.45) is 0 Å². The summed E-state index contributed by atoms with van der Waals surface area (Å²) in [6.45, 7) is 2.82. The van der Waals surface area contributed by atoms with Gasteiger partial charge in [0.1, 0.15) is 6.04 Å². The Bertz CT molecular complexity index is 393. The Kier molecular flexibility index (Phi) is 4.33. The first-order chi connectivity index (χ1) is 7.20. The quantitative estimate of drug-likeness (QED) is 0.760. The number of hydrogen-bond acceptors (Lipinski definition) is 3. The van der Waals surface area contributed by atoms with Crippen LogP contribution >= 0.6 is 12.4 Å². The van der Waals surface area contributed by atoms with Crippen LogP contribution in [0.2, 0.25) is 0 Å². The van der Waals surface area contributed by atoms with E-state index in [-0.39, 0.29) is 24.4 Å². The van der Waals surface area contributed by atoms with E-state index >= 15 is 0 Å². The predicted molar refractivity (Wildman–Crippen MR) is 64.8 cm³/mol. The number of carbonyl (C=O) groups is 1. The predicted octanol–water partition coefficient (Wildman–Crippen LogP) is 1.60. The summed E-state index contributed by atoms with van der Waals surface area (Å²) in [4.78, 5) is 11.4. The summed E-state index contributed by atoms with van der Waals surface area (Å²) in [7, 11) is 1.43. The standard InChI is InChI=1S/C12H15NO2.ClH/c1-8-3-4-9-6-11(12(14)15-2)13-7-10(9)5-8;/h3-5,11,13H,6-7H2,1-2H3;1H/t11-;/m0./s1. The summed E-state index contributed by atoms with van der Waals surface area (Å²) in [6.07, 6.45) is 0.724. The second-order valence-corrected chi connectivity index (χ2v) is 3.93. The third-order valence-electron chi connectivity index (χ3n) is 2.81. The van der Waals surface area contributed by atoms with Crippen LogP contribution in [0.25, 0.3) is 0 Å². The van der Waals surface area contributed by atoms with Crippen molar-refractivity contribution in [2.75, 3.05) is 7.11 Å². The summed E-state index contributed by atoms with van der Waals surface area (Å²) >= 11 is 0. The van der Waals surface area contributed by atoms with Crippen molar-refractivity contribution in [3.63, 3.8) is 0 Å². The van der Waals surface area contributed by atoms with Crippen LogP contribution in [0, 0.1) is 6.92 Å². The van der Waals surface area contributed by atoms with Gasteiger partial charge in [-0.2, -0.15) is 0 Å². The van der Waals surface area contributed by atoms with Crippen LogP contribution in [-0.2, 0) is 22.5 Å². The molecule has 0 saturated heterocycles. The highest BCUT2D eigenvalue weighted by Gasteiger charge is 2.24. The van der Waals surface area contributed by atoms with Gasteiger partial charge < -0.3 is 10.1 Å². The fourth-order valence-corrected chi connectivity index (χ4v) is 1.95. The lowest BCUT2D eigenvalue weighted by Gasteiger charge is -2.24. The maximum absolute atomic E-state index is 11.4. The Morgan fingerprint density at radius 2 is 2.19 bits per heavy atom. The van der Waals surface area contributed by atoms with Gasteiger partial charge in [-0.3, -0.25) is 4.79 Å². The van der Waals surface area contributed by atoms with Crippen LogP contribution in [0.4, 0.5) is 0 Å². The van der Waals surface area contributed by atoms with Crippen LogP contribution in [0.1, 0.15) is 16.7 Å². The fourth-order valence-electron chi connectivity index (χ4n) is 1.95. The Hall–Kier alpha value is -1.06. The van der Waals surface area contributed by atoms with E-state index in [4.69, 9.17) is 4.74 Å². The van der Waals surface area contributed by atoms with Gasteiger partial charge in [0.15, 0.2) is 0 Å². The van der Waals surface area contributed by atoms with E-state index in [1.165, 1.54) is 23.8 Å². The fraction of sp³-hybridized carbons (Fsp3) is 0.417. The van der Waals surface area contributed by atoms with Gasteiger partial charge >= 0.3 is 5.97 Å². The van der Waals surface area contributed by atoms with Gasteiger partial charge in [0, 0.05) is 6.54 Å². The number of rotatable bonds is 1. The summed E-state index contributed by atoms with van der Waals surface area (Å²) in [5.41, 5.74) is 3.79. The van der Waals surface area contributed by atoms with Crippen LogP contribution < -0.4 is 5.32 Å². The van der Waals surface area contributed by atoms with Crippen molar-refractivity contribution in [1.82, 2.24) is 5.32 Å². The average Bonchev–Trinajstić information content (AvgIpc) is 2.27. The molecule has 0 radical (unpaired) electrons. The molecule has 1 aromatic rings. The molecular formula is C12H16ClNO2. The highest BCUT2D eigenvalue weighted by atomic mass is 35.5. The lowest BCUT2D eigenvalue weighted by atomic mass is 9.94. The SMILES string of the molecule is COC(=O)[C@@H]1Cc2ccc(C)cc2CN1.Cl. The monoisotopic (exact) mass is 241 g/mol. The van der Waals surface area contributed by atoms with Crippen molar-refractivity contribution in [3.8, 4) is 0 Å². The number of benzene rings is 1. The lowest BCUT2D eigenvalue weighted by Crippen LogP contribution is -2.42. The molecule has 0 saturated carbocycles. The van der Waals surface area contributed by atoms with Gasteiger partial charge in [0.2, 0.25) is 0 Å². The first-order valence-corrected chi connectivity index (χ1v) is 5.10. The molecule has 0 bridgehead atoms. The van der Waals surface area contributed by atoms with Crippen LogP contribution in [0.3, 0.4) is 0 Å². The van der Waals surface area contributed by atoms with Crippen molar-refractivity contribution in [3.05, 3.63) is 34.9 Å². The Labute approximate surface area is 102 Å². The maximum atomic E-state index is 11.4. The van der Waals surface area contributed by atoms with Crippen molar-refractivity contribution in [2.45, 2.75) is 25.9 Å². The Morgan fingerprint density at radius 3 is 2.88 bits per heavy atom. The van der Waals surface area contributed by atoms with E-state index in [0.717, 1.165) is 13.0 Å². The average molecular weight is 242 g/mol. The third-order valence-corrected chi connectivity index (χ3v) is 2.81. The number of aryl methyl sites for hydroxylation is 1. The smallest absolute Gasteiger partial charge is 0.323 e. The molecule has 3 nitrogen and oxygen atoms in total. The summed E-state index contributed by atoms with van der Waals surface area (Å²) in [5, 5.41) is 3.18. The topological polar surface area (TPSA) is 38.3 Å². The number of fused-ring (bicyclic) bond motifs is 1. The molecule has 1 aromatic carbocycles. The molecule has 2 rings (SSSR count). The second-order valence-electron chi connectivity index (χ2n) is 3.93. The second kappa shape index (κ2) is 5.32. The molecule has 4 heteroatoms. The van der Waals surface area contributed by atoms with Crippen LogP contribution in [0.5, 0.6) is 0 Å². The van der Waals surface area contributed by atoms with E-state index in [9.17, 15) is 4.79 Å². The van der Waals surface area contributed by atoms with Gasteiger partial charge in [0.05, 0.1) is 7.11 Å². The van der Waals surface area contributed by atoms with E-state index in [1.807, 2.05) is 0 Å². The van der Waals surface area contributed by atoms with Gasteiger partial charge in [-0.1, -0.05) is 23.8 Å². The Balaban J connectivity index is 0.00000128. The highest BCUT2D eigenvalue weighted by molar-refractivity contribution is 5.85. The molecule has 1 N–H and O–H groups in total. The summed E-state index contributed by atoms with van der Waals surface area (Å²) < 4.78 is 4.73. The number of methoxy groups -OCH3 is 1. The van der Waals surface area contributed by atoms with Gasteiger partial charge in [-0.25, -0.2) is 0 Å². The van der Waals surface area contributed by atoms with E-state index in [0.29, 0.717) is 0 Å². The zero-order chi connectivity index (χ0) is 10.8. The van der Waals surface area contributed by atoms with Crippen molar-refractivity contribution >= 4 is 18.4 Å². The first-order valence-electron chi connectivity index (χ1n) is 5.10. The van der Waals surface area contributed by atoms with Crippen molar-refractivity contribution in [1.29, 1.82) is 0 Å². The number of nitrogens with one attached hydrogen (secondary N) is 1. The molecule has 1 aliphatic rings. The van der Waals surface area contributed by atoms with Crippen molar-refractivity contribution < 1.29 is 9.53 Å². The largest absolute Gasteiger partial charge is 0.468 e. The zero-order valence-electron chi connectivity index (χ0n) is 9.45. The molecule has 16 heavy (non-hydrogen) atoms. The third kappa shape index (κ3) is 2.54. The number of carbonyl (C=O) groups excluding carboxylic acids is 1. The molecular weight excluding hydrogens is 226 g/mol. The molecule has 88 valence electrons. The minimum absolute atomic E-state index is 0.